The van der Waals surface area contributed by atoms with E-state index < -0.39 is 34.5 Å². The zero-order valence-electron chi connectivity index (χ0n) is 17.6. The van der Waals surface area contributed by atoms with Crippen LogP contribution in [-0.4, -0.2) is 33.2 Å². The Bertz CT molecular complexity index is 1280. The molecule has 0 aliphatic carbocycles. The van der Waals surface area contributed by atoms with E-state index in [0.717, 1.165) is 21.9 Å². The minimum atomic E-state index is -1.11. The topological polar surface area (TPSA) is 133 Å². The molecule has 1 aromatic heterocycles. The van der Waals surface area contributed by atoms with Crippen molar-refractivity contribution in [3.63, 3.8) is 0 Å². The SMILES string of the molecule is Cc1ccc(NC(=O)COC(=O)c2nn(-c3ccccc3[N+](=O)[O-])c(C)cc2=O)cc1C. The van der Waals surface area contributed by atoms with Gasteiger partial charge in [-0.15, -0.1) is 0 Å². The summed E-state index contributed by atoms with van der Waals surface area (Å²) in [5.74, 6) is -1.70. The average molecular weight is 436 g/mol. The first-order valence-corrected chi connectivity index (χ1v) is 9.56. The van der Waals surface area contributed by atoms with Crippen molar-refractivity contribution >= 4 is 23.3 Å². The van der Waals surface area contributed by atoms with Crippen LogP contribution in [0.1, 0.15) is 27.3 Å². The number of hydrogen-bond donors (Lipinski definition) is 1. The maximum atomic E-state index is 12.4. The molecule has 0 unspecified atom stereocenters. The molecule has 2 aromatic carbocycles. The normalized spacial score (nSPS) is 10.5. The second-order valence-electron chi connectivity index (χ2n) is 7.08. The van der Waals surface area contributed by atoms with Crippen molar-refractivity contribution in [1.82, 2.24) is 9.78 Å². The fourth-order valence-corrected chi connectivity index (χ4v) is 2.95. The zero-order chi connectivity index (χ0) is 23.4. The fourth-order valence-electron chi connectivity index (χ4n) is 2.95. The molecule has 0 saturated heterocycles. The number of nitrogens with zero attached hydrogens (tertiary/aromatic N) is 3. The number of ether oxygens (including phenoxy) is 1. The predicted octanol–water partition coefficient (Wildman–Crippen LogP) is 2.86. The number of rotatable bonds is 6. The van der Waals surface area contributed by atoms with E-state index in [1.165, 1.54) is 25.1 Å². The molecule has 10 heteroatoms. The minimum Gasteiger partial charge on any atom is -0.451 e. The van der Waals surface area contributed by atoms with E-state index in [1.54, 1.807) is 18.2 Å². The van der Waals surface area contributed by atoms with Crippen molar-refractivity contribution in [3.05, 3.63) is 91.4 Å². The van der Waals surface area contributed by atoms with Crippen molar-refractivity contribution < 1.29 is 19.2 Å². The molecule has 1 amide bonds. The number of carbonyl (C=O) groups excluding carboxylic acids is 2. The first kappa shape index (κ1) is 22.3. The summed E-state index contributed by atoms with van der Waals surface area (Å²) in [6.07, 6.45) is 0. The Balaban J connectivity index is 1.79. The van der Waals surface area contributed by atoms with E-state index in [4.69, 9.17) is 4.74 Å². The van der Waals surface area contributed by atoms with E-state index in [9.17, 15) is 24.5 Å². The average Bonchev–Trinajstić information content (AvgIpc) is 2.75. The Morgan fingerprint density at radius 1 is 1.09 bits per heavy atom. The Kier molecular flexibility index (Phi) is 6.43. The molecule has 3 rings (SSSR count). The van der Waals surface area contributed by atoms with Crippen molar-refractivity contribution in [2.75, 3.05) is 11.9 Å². The van der Waals surface area contributed by atoms with Gasteiger partial charge in [0.05, 0.1) is 4.92 Å². The number of carbonyl (C=O) groups is 2. The summed E-state index contributed by atoms with van der Waals surface area (Å²) in [6, 6.07) is 12.2. The van der Waals surface area contributed by atoms with Crippen LogP contribution in [-0.2, 0) is 9.53 Å². The molecule has 1 N–H and O–H groups in total. The Hall–Kier alpha value is -4.34. The van der Waals surface area contributed by atoms with Crippen molar-refractivity contribution in [2.45, 2.75) is 20.8 Å². The molecule has 0 aliphatic rings. The lowest BCUT2D eigenvalue weighted by Gasteiger charge is -2.11. The third-order valence-corrected chi connectivity index (χ3v) is 4.73. The summed E-state index contributed by atoms with van der Waals surface area (Å²) >= 11 is 0. The number of anilines is 1. The van der Waals surface area contributed by atoms with Gasteiger partial charge in [-0.3, -0.25) is 19.7 Å². The van der Waals surface area contributed by atoms with E-state index in [0.29, 0.717) is 5.69 Å². The van der Waals surface area contributed by atoms with Crippen LogP contribution < -0.4 is 10.7 Å². The molecule has 10 nitrogen and oxygen atoms in total. The van der Waals surface area contributed by atoms with Gasteiger partial charge < -0.3 is 10.1 Å². The summed E-state index contributed by atoms with van der Waals surface area (Å²) in [7, 11) is 0. The maximum Gasteiger partial charge on any atom is 0.363 e. The monoisotopic (exact) mass is 436 g/mol. The highest BCUT2D eigenvalue weighted by molar-refractivity contribution is 5.94. The molecule has 0 fully saturated rings. The number of hydrogen-bond acceptors (Lipinski definition) is 7. The lowest BCUT2D eigenvalue weighted by molar-refractivity contribution is -0.384. The van der Waals surface area contributed by atoms with Gasteiger partial charge in [0.15, 0.2) is 6.61 Å². The third-order valence-electron chi connectivity index (χ3n) is 4.73. The van der Waals surface area contributed by atoms with Crippen LogP contribution in [0.4, 0.5) is 11.4 Å². The van der Waals surface area contributed by atoms with Crippen molar-refractivity contribution in [2.24, 2.45) is 0 Å². The van der Waals surface area contributed by atoms with Crippen LogP contribution >= 0.6 is 0 Å². The van der Waals surface area contributed by atoms with E-state index in [1.807, 2.05) is 19.9 Å². The zero-order valence-corrected chi connectivity index (χ0v) is 17.6. The lowest BCUT2D eigenvalue weighted by Crippen LogP contribution is -2.27. The summed E-state index contributed by atoms with van der Waals surface area (Å²) in [5, 5.41) is 17.9. The molecule has 3 aromatic rings. The summed E-state index contributed by atoms with van der Waals surface area (Å²) in [4.78, 5) is 47.6. The van der Waals surface area contributed by atoms with Gasteiger partial charge in [-0.1, -0.05) is 18.2 Å². The van der Waals surface area contributed by atoms with Crippen LogP contribution in [0.15, 0.2) is 53.3 Å². The summed E-state index contributed by atoms with van der Waals surface area (Å²) in [6.45, 7) is 4.73. The number of aryl methyl sites for hydroxylation is 3. The number of aromatic nitrogens is 2. The van der Waals surface area contributed by atoms with Crippen LogP contribution in [0.2, 0.25) is 0 Å². The Labute approximate surface area is 182 Å². The highest BCUT2D eigenvalue weighted by Gasteiger charge is 2.21. The second kappa shape index (κ2) is 9.21. The molecular formula is C22H20N4O6. The van der Waals surface area contributed by atoms with Crippen LogP contribution in [0.5, 0.6) is 0 Å². The Morgan fingerprint density at radius 2 is 1.81 bits per heavy atom. The van der Waals surface area contributed by atoms with Gasteiger partial charge in [0, 0.05) is 23.5 Å². The number of para-hydroxylation sites is 2. The molecule has 1 heterocycles. The highest BCUT2D eigenvalue weighted by Crippen LogP contribution is 2.22. The van der Waals surface area contributed by atoms with Crippen LogP contribution in [0.25, 0.3) is 5.69 Å². The molecule has 0 aliphatic heterocycles. The van der Waals surface area contributed by atoms with Crippen LogP contribution in [0, 0.1) is 30.9 Å². The number of esters is 1. The molecule has 0 spiro atoms. The molecule has 0 atom stereocenters. The standard InChI is InChI=1S/C22H20N4O6/c1-13-8-9-16(10-14(13)2)23-20(28)12-32-22(29)21-19(27)11-15(3)25(24-21)17-6-4-5-7-18(17)26(30)31/h4-11H,12H2,1-3H3,(H,23,28). The van der Waals surface area contributed by atoms with Crippen molar-refractivity contribution in [1.29, 1.82) is 0 Å². The minimum absolute atomic E-state index is 0.0801. The molecule has 32 heavy (non-hydrogen) atoms. The van der Waals surface area contributed by atoms with Gasteiger partial charge >= 0.3 is 5.97 Å². The summed E-state index contributed by atoms with van der Waals surface area (Å²) < 4.78 is 6.06. The lowest BCUT2D eigenvalue weighted by atomic mass is 10.1. The quantitative estimate of drug-likeness (QED) is 0.357. The van der Waals surface area contributed by atoms with Gasteiger partial charge in [-0.2, -0.15) is 5.10 Å². The van der Waals surface area contributed by atoms with E-state index >= 15 is 0 Å². The van der Waals surface area contributed by atoms with E-state index in [-0.39, 0.29) is 17.1 Å². The predicted molar refractivity (Wildman–Crippen MR) is 116 cm³/mol. The first-order valence-electron chi connectivity index (χ1n) is 9.56. The second-order valence-corrected chi connectivity index (χ2v) is 7.08. The van der Waals surface area contributed by atoms with Gasteiger partial charge in [0.2, 0.25) is 11.1 Å². The molecule has 0 saturated carbocycles. The number of benzene rings is 2. The number of nitro groups is 1. The van der Waals surface area contributed by atoms with Gasteiger partial charge in [0.1, 0.15) is 5.69 Å². The number of nitro benzene ring substituents is 1. The molecular weight excluding hydrogens is 416 g/mol. The number of amides is 1. The highest BCUT2D eigenvalue weighted by atomic mass is 16.6. The van der Waals surface area contributed by atoms with Gasteiger partial charge in [0.25, 0.3) is 11.6 Å². The number of nitrogens with one attached hydrogen (secondary N) is 1. The molecule has 0 bridgehead atoms. The van der Waals surface area contributed by atoms with E-state index in [2.05, 4.69) is 10.4 Å². The largest absolute Gasteiger partial charge is 0.451 e. The summed E-state index contributed by atoms with van der Waals surface area (Å²) in [5.41, 5.74) is 1.39. The van der Waals surface area contributed by atoms with Crippen LogP contribution in [0.3, 0.4) is 0 Å². The molecule has 0 radical (unpaired) electrons. The third kappa shape index (κ3) is 4.86. The Morgan fingerprint density at radius 3 is 2.50 bits per heavy atom. The smallest absolute Gasteiger partial charge is 0.363 e. The first-order chi connectivity index (χ1) is 15.2. The van der Waals surface area contributed by atoms with Gasteiger partial charge in [-0.05, 0) is 50.1 Å². The van der Waals surface area contributed by atoms with Gasteiger partial charge in [-0.25, -0.2) is 9.48 Å². The fraction of sp³-hybridized carbons (Fsp3) is 0.182. The van der Waals surface area contributed by atoms with Crippen molar-refractivity contribution in [3.8, 4) is 5.69 Å². The molecule has 164 valence electrons. The maximum absolute atomic E-state index is 12.4.